The van der Waals surface area contributed by atoms with Gasteiger partial charge in [-0.1, -0.05) is 0 Å². The first-order valence-corrected chi connectivity index (χ1v) is 5.29. The van der Waals surface area contributed by atoms with Crippen LogP contribution in [0, 0.1) is 11.3 Å². The molecule has 0 aromatic heterocycles. The second-order valence-corrected chi connectivity index (χ2v) is 3.68. The van der Waals surface area contributed by atoms with Gasteiger partial charge in [0.15, 0.2) is 0 Å². The maximum absolute atomic E-state index is 8.93. The Bertz CT molecular complexity index is 142. The molecule has 0 radical (unpaired) electrons. The highest BCUT2D eigenvalue weighted by molar-refractivity contribution is 7.99. The van der Waals surface area contributed by atoms with Gasteiger partial charge in [-0.15, -0.1) is 0 Å². The predicted molar refractivity (Wildman–Crippen MR) is 52.1 cm³/mol. The van der Waals surface area contributed by atoms with Crippen LogP contribution in [0.3, 0.4) is 0 Å². The van der Waals surface area contributed by atoms with Crippen LogP contribution in [0.1, 0.15) is 13.3 Å². The van der Waals surface area contributed by atoms with E-state index in [-0.39, 0.29) is 17.9 Å². The average Bonchev–Trinajstić information content (AvgIpc) is 2.07. The highest BCUT2D eigenvalue weighted by Crippen LogP contribution is 2.09. The monoisotopic (exact) mass is 188 g/mol. The van der Waals surface area contributed by atoms with Crippen molar-refractivity contribution in [2.24, 2.45) is 0 Å². The van der Waals surface area contributed by atoms with Gasteiger partial charge in [0.1, 0.15) is 0 Å². The first kappa shape index (κ1) is 11.8. The molecule has 0 spiro atoms. The van der Waals surface area contributed by atoms with Crippen molar-refractivity contribution in [2.45, 2.75) is 24.6 Å². The third-order valence-electron chi connectivity index (χ3n) is 1.74. The number of nitrogens with zero attached hydrogens (tertiary/aromatic N) is 1. The summed E-state index contributed by atoms with van der Waals surface area (Å²) < 4.78 is 0. The quantitative estimate of drug-likeness (QED) is 0.599. The van der Waals surface area contributed by atoms with Gasteiger partial charge in [-0.3, -0.25) is 0 Å². The second-order valence-electron chi connectivity index (χ2n) is 2.61. The third-order valence-corrected chi connectivity index (χ3v) is 2.91. The van der Waals surface area contributed by atoms with E-state index in [0.29, 0.717) is 13.0 Å². The minimum atomic E-state index is 0.182. The van der Waals surface area contributed by atoms with E-state index in [1.54, 1.807) is 11.8 Å². The van der Waals surface area contributed by atoms with Crippen molar-refractivity contribution in [3.63, 3.8) is 0 Å². The number of hydrogen-bond donors (Lipinski definition) is 2. The fourth-order valence-electron chi connectivity index (χ4n) is 0.924. The summed E-state index contributed by atoms with van der Waals surface area (Å²) in [6.45, 7) is 2.91. The van der Waals surface area contributed by atoms with Crippen LogP contribution < -0.4 is 5.32 Å². The second kappa shape index (κ2) is 7.41. The van der Waals surface area contributed by atoms with E-state index in [9.17, 15) is 0 Å². The van der Waals surface area contributed by atoms with E-state index in [4.69, 9.17) is 10.4 Å². The first-order chi connectivity index (χ1) is 5.76. The highest BCUT2D eigenvalue weighted by Gasteiger charge is 2.13. The maximum Gasteiger partial charge on any atom is 0.0635 e. The van der Waals surface area contributed by atoms with Gasteiger partial charge in [0.2, 0.25) is 0 Å². The molecule has 12 heavy (non-hydrogen) atoms. The van der Waals surface area contributed by atoms with E-state index < -0.39 is 0 Å². The van der Waals surface area contributed by atoms with E-state index in [2.05, 4.69) is 11.4 Å². The minimum absolute atomic E-state index is 0.182. The van der Waals surface area contributed by atoms with Crippen LogP contribution in [0.25, 0.3) is 0 Å². The molecule has 0 saturated heterocycles. The smallest absolute Gasteiger partial charge is 0.0635 e. The molecule has 0 aliphatic carbocycles. The molecule has 4 heteroatoms. The Morgan fingerprint density at radius 3 is 2.75 bits per heavy atom. The molecule has 2 N–H and O–H groups in total. The van der Waals surface area contributed by atoms with Gasteiger partial charge in [-0.05, 0) is 13.2 Å². The summed E-state index contributed by atoms with van der Waals surface area (Å²) in [6.07, 6.45) is 2.50. The van der Waals surface area contributed by atoms with Crippen LogP contribution in [-0.2, 0) is 0 Å². The SMILES string of the molecule is CSC(CO)C(C)NCCC#N. The molecule has 2 atom stereocenters. The number of nitriles is 1. The molecular weight excluding hydrogens is 172 g/mol. The molecule has 0 aliphatic heterocycles. The molecule has 70 valence electrons. The van der Waals surface area contributed by atoms with Crippen molar-refractivity contribution in [3.05, 3.63) is 0 Å². The van der Waals surface area contributed by atoms with Crippen LogP contribution in [0.15, 0.2) is 0 Å². The van der Waals surface area contributed by atoms with E-state index in [1.165, 1.54) is 0 Å². The summed E-state index contributed by atoms with van der Waals surface area (Å²) in [5.74, 6) is 0. The molecule has 0 aromatic carbocycles. The molecule has 0 bridgehead atoms. The normalized spacial score (nSPS) is 15.2. The van der Waals surface area contributed by atoms with E-state index in [0.717, 1.165) is 0 Å². The van der Waals surface area contributed by atoms with Gasteiger partial charge in [-0.2, -0.15) is 17.0 Å². The van der Waals surface area contributed by atoms with Crippen molar-refractivity contribution in [3.8, 4) is 6.07 Å². The zero-order valence-electron chi connectivity index (χ0n) is 7.58. The lowest BCUT2D eigenvalue weighted by atomic mass is 10.2. The van der Waals surface area contributed by atoms with Crippen LogP contribution in [0.4, 0.5) is 0 Å². The zero-order valence-corrected chi connectivity index (χ0v) is 8.40. The number of hydrogen-bond acceptors (Lipinski definition) is 4. The molecule has 0 amide bonds. The number of thioether (sulfide) groups is 1. The lowest BCUT2D eigenvalue weighted by Crippen LogP contribution is -2.37. The van der Waals surface area contributed by atoms with E-state index in [1.807, 2.05) is 13.2 Å². The molecule has 0 rings (SSSR count). The van der Waals surface area contributed by atoms with Gasteiger partial charge >= 0.3 is 0 Å². The molecule has 3 nitrogen and oxygen atoms in total. The van der Waals surface area contributed by atoms with Crippen molar-refractivity contribution in [1.29, 1.82) is 5.26 Å². The number of nitrogens with one attached hydrogen (secondary N) is 1. The number of aliphatic hydroxyl groups excluding tert-OH is 1. The Morgan fingerprint density at radius 1 is 1.67 bits per heavy atom. The number of aliphatic hydroxyl groups is 1. The zero-order chi connectivity index (χ0) is 9.40. The summed E-state index contributed by atoms with van der Waals surface area (Å²) in [6, 6.07) is 2.33. The topological polar surface area (TPSA) is 56.0 Å². The Morgan fingerprint density at radius 2 is 2.33 bits per heavy atom. The average molecular weight is 188 g/mol. The summed E-state index contributed by atoms with van der Waals surface area (Å²) in [5.41, 5.74) is 0. The van der Waals surface area contributed by atoms with Crippen LogP contribution in [0.5, 0.6) is 0 Å². The maximum atomic E-state index is 8.93. The van der Waals surface area contributed by atoms with Crippen LogP contribution >= 0.6 is 11.8 Å². The fraction of sp³-hybridized carbons (Fsp3) is 0.875. The number of rotatable bonds is 6. The fourth-order valence-corrected chi connectivity index (χ4v) is 1.58. The summed E-state index contributed by atoms with van der Waals surface area (Å²) in [7, 11) is 0. The Kier molecular flexibility index (Phi) is 7.26. The van der Waals surface area contributed by atoms with Crippen molar-refractivity contribution < 1.29 is 5.11 Å². The Balaban J connectivity index is 3.55. The summed E-state index contributed by atoms with van der Waals surface area (Å²) in [5, 5.41) is 20.6. The van der Waals surface area contributed by atoms with Gasteiger partial charge in [0.05, 0.1) is 12.7 Å². The third kappa shape index (κ3) is 4.60. The van der Waals surface area contributed by atoms with Gasteiger partial charge in [-0.25, -0.2) is 0 Å². The Hall–Kier alpha value is -0.240. The summed E-state index contributed by atoms with van der Waals surface area (Å²) >= 11 is 1.64. The van der Waals surface area contributed by atoms with E-state index >= 15 is 0 Å². The Labute approximate surface area is 78.2 Å². The largest absolute Gasteiger partial charge is 0.395 e. The first-order valence-electron chi connectivity index (χ1n) is 4.00. The van der Waals surface area contributed by atoms with Crippen LogP contribution in [-0.4, -0.2) is 35.8 Å². The lowest BCUT2D eigenvalue weighted by Gasteiger charge is -2.20. The van der Waals surface area contributed by atoms with Crippen molar-refractivity contribution >= 4 is 11.8 Å². The highest BCUT2D eigenvalue weighted by atomic mass is 32.2. The molecule has 0 heterocycles. The molecule has 0 fully saturated rings. The predicted octanol–water partition coefficient (Wildman–Crippen LogP) is 0.602. The van der Waals surface area contributed by atoms with Gasteiger partial charge in [0, 0.05) is 24.3 Å². The van der Waals surface area contributed by atoms with Gasteiger partial charge in [0.25, 0.3) is 0 Å². The lowest BCUT2D eigenvalue weighted by molar-refractivity contribution is 0.276. The summed E-state index contributed by atoms with van der Waals surface area (Å²) in [4.78, 5) is 0. The van der Waals surface area contributed by atoms with Gasteiger partial charge < -0.3 is 10.4 Å². The minimum Gasteiger partial charge on any atom is -0.395 e. The van der Waals surface area contributed by atoms with Crippen molar-refractivity contribution in [1.82, 2.24) is 5.32 Å². The molecule has 2 unspecified atom stereocenters. The molecule has 0 aromatic rings. The van der Waals surface area contributed by atoms with Crippen molar-refractivity contribution in [2.75, 3.05) is 19.4 Å². The molecular formula is C8H16N2OS. The molecule has 0 aliphatic rings. The molecule has 0 saturated carbocycles. The van der Waals surface area contributed by atoms with Crippen LogP contribution in [0.2, 0.25) is 0 Å². The standard InChI is InChI=1S/C8H16N2OS/c1-7(8(6-11)12-2)10-5-3-4-9/h7-8,10-11H,3,5-6H2,1-2H3.